The average Bonchev–Trinajstić information content (AvgIpc) is 2.82. The number of hydrogen-bond donors (Lipinski definition) is 0. The van der Waals surface area contributed by atoms with Gasteiger partial charge in [-0.25, -0.2) is 4.98 Å². The zero-order valence-electron chi connectivity index (χ0n) is 17.4. The van der Waals surface area contributed by atoms with Crippen molar-refractivity contribution >= 4 is 38.0 Å². The van der Waals surface area contributed by atoms with Crippen LogP contribution in [0.15, 0.2) is 91.1 Å². The molecule has 0 unspecified atom stereocenters. The van der Waals surface area contributed by atoms with Crippen molar-refractivity contribution in [2.45, 2.75) is 6.92 Å². The Bertz CT molecular complexity index is 1660. The van der Waals surface area contributed by atoms with E-state index in [-0.39, 0.29) is 10.6 Å². The molecule has 0 aliphatic heterocycles. The van der Waals surface area contributed by atoms with Crippen molar-refractivity contribution in [2.24, 2.45) is 0 Å². The predicted octanol–water partition coefficient (Wildman–Crippen LogP) is 7.53. The van der Waals surface area contributed by atoms with E-state index in [1.54, 1.807) is 19.2 Å². The van der Waals surface area contributed by atoms with Crippen LogP contribution in [-0.4, -0.2) is 9.91 Å². The molecule has 1 heterocycles. The second kappa shape index (κ2) is 6.86. The van der Waals surface area contributed by atoms with Crippen molar-refractivity contribution in [1.82, 2.24) is 4.98 Å². The van der Waals surface area contributed by atoms with E-state index in [0.717, 1.165) is 27.1 Å². The minimum absolute atomic E-state index is 0.0625. The van der Waals surface area contributed by atoms with Crippen LogP contribution >= 0.6 is 0 Å². The quantitative estimate of drug-likeness (QED) is 0.171. The van der Waals surface area contributed by atoms with Gasteiger partial charge in [0.15, 0.2) is 0 Å². The molecule has 0 saturated heterocycles. The fourth-order valence-electron chi connectivity index (χ4n) is 4.85. The summed E-state index contributed by atoms with van der Waals surface area (Å²) >= 11 is 0. The number of nitro groups is 1. The van der Waals surface area contributed by atoms with Crippen LogP contribution in [-0.2, 0) is 0 Å². The van der Waals surface area contributed by atoms with Crippen LogP contribution in [0.3, 0.4) is 0 Å². The Balaban J connectivity index is 1.74. The zero-order valence-corrected chi connectivity index (χ0v) is 17.4. The normalized spacial score (nSPS) is 11.5. The molecule has 32 heavy (non-hydrogen) atoms. The molecule has 0 fully saturated rings. The van der Waals surface area contributed by atoms with Gasteiger partial charge in [-0.05, 0) is 56.4 Å². The van der Waals surface area contributed by atoms with E-state index in [1.807, 2.05) is 30.3 Å². The lowest BCUT2D eigenvalue weighted by molar-refractivity contribution is -0.384. The molecule has 0 N–H and O–H groups in total. The lowest BCUT2D eigenvalue weighted by Crippen LogP contribution is -1.98. The van der Waals surface area contributed by atoms with Crippen molar-refractivity contribution in [3.63, 3.8) is 0 Å². The van der Waals surface area contributed by atoms with Crippen LogP contribution in [0.1, 0.15) is 5.56 Å². The van der Waals surface area contributed by atoms with Crippen molar-refractivity contribution in [3.05, 3.63) is 107 Å². The summed E-state index contributed by atoms with van der Waals surface area (Å²) in [4.78, 5) is 16.0. The summed E-state index contributed by atoms with van der Waals surface area (Å²) in [5, 5.41) is 18.6. The molecule has 0 aliphatic carbocycles. The maximum absolute atomic E-state index is 11.9. The van der Waals surface area contributed by atoms with Gasteiger partial charge in [0.1, 0.15) is 5.69 Å². The van der Waals surface area contributed by atoms with Crippen LogP contribution < -0.4 is 0 Å². The number of aryl methyl sites for hydroxylation is 1. The summed E-state index contributed by atoms with van der Waals surface area (Å²) in [6, 6.07) is 28.9. The third-order valence-corrected chi connectivity index (χ3v) is 6.31. The average molecular weight is 414 g/mol. The fourth-order valence-corrected chi connectivity index (χ4v) is 4.85. The third-order valence-electron chi connectivity index (χ3n) is 6.31. The molecule has 0 bridgehead atoms. The minimum atomic E-state index is -0.330. The van der Waals surface area contributed by atoms with E-state index in [9.17, 15) is 10.1 Å². The van der Waals surface area contributed by atoms with Gasteiger partial charge >= 0.3 is 0 Å². The van der Waals surface area contributed by atoms with Gasteiger partial charge in [-0.2, -0.15) is 0 Å². The first-order valence-corrected chi connectivity index (χ1v) is 10.5. The number of benzene rings is 5. The molecular formula is C28H18N2O2. The molecule has 5 aromatic carbocycles. The molecule has 0 radical (unpaired) electrons. The Kier molecular flexibility index (Phi) is 3.95. The highest BCUT2D eigenvalue weighted by Crippen LogP contribution is 2.43. The number of hydrogen-bond acceptors (Lipinski definition) is 3. The fraction of sp³-hybridized carbons (Fsp3) is 0.0357. The van der Waals surface area contributed by atoms with E-state index < -0.39 is 0 Å². The van der Waals surface area contributed by atoms with Gasteiger partial charge in [-0.15, -0.1) is 0 Å². The molecule has 6 aromatic rings. The van der Waals surface area contributed by atoms with Crippen molar-refractivity contribution in [1.29, 1.82) is 0 Å². The highest BCUT2D eigenvalue weighted by molar-refractivity contribution is 6.27. The number of nitrogens with zero attached hydrogens (tertiary/aromatic N) is 2. The largest absolute Gasteiger partial charge is 0.298 e. The lowest BCUT2D eigenvalue weighted by Gasteiger charge is -2.16. The zero-order chi connectivity index (χ0) is 21.8. The molecule has 0 atom stereocenters. The summed E-state index contributed by atoms with van der Waals surface area (Å²) in [7, 11) is 0. The molecule has 0 saturated carbocycles. The van der Waals surface area contributed by atoms with E-state index in [4.69, 9.17) is 0 Å². The topological polar surface area (TPSA) is 56.0 Å². The molecule has 152 valence electrons. The molecule has 0 amide bonds. The van der Waals surface area contributed by atoms with Crippen LogP contribution in [0, 0.1) is 17.0 Å². The van der Waals surface area contributed by atoms with E-state index in [2.05, 4.69) is 53.5 Å². The first-order chi connectivity index (χ1) is 15.6. The minimum Gasteiger partial charge on any atom is -0.258 e. The highest BCUT2D eigenvalue weighted by atomic mass is 16.6. The summed E-state index contributed by atoms with van der Waals surface area (Å²) in [6.07, 6.45) is 1.64. The molecule has 0 spiro atoms. The summed E-state index contributed by atoms with van der Waals surface area (Å²) in [6.45, 7) is 1.76. The molecule has 4 nitrogen and oxygen atoms in total. The predicted molar refractivity (Wildman–Crippen MR) is 130 cm³/mol. The molecule has 1 aromatic heterocycles. The molecule has 6 rings (SSSR count). The van der Waals surface area contributed by atoms with Gasteiger partial charge < -0.3 is 0 Å². The number of pyridine rings is 1. The lowest BCUT2D eigenvalue weighted by atomic mass is 9.87. The first kappa shape index (κ1) is 18.5. The second-order valence-electron chi connectivity index (χ2n) is 8.10. The van der Waals surface area contributed by atoms with E-state index in [1.165, 1.54) is 21.9 Å². The SMILES string of the molecule is Cc1ccnc(-c2ccc3ccc4c(-c5ccccc5)ccc5ccc2c3c54)c1[N+](=O)[O-]. The van der Waals surface area contributed by atoms with Crippen molar-refractivity contribution < 1.29 is 4.92 Å². The summed E-state index contributed by atoms with van der Waals surface area (Å²) in [5.74, 6) is 0. The second-order valence-corrected chi connectivity index (χ2v) is 8.10. The van der Waals surface area contributed by atoms with Crippen LogP contribution in [0.25, 0.3) is 54.7 Å². The third kappa shape index (κ3) is 2.59. The Morgan fingerprint density at radius 3 is 1.97 bits per heavy atom. The Morgan fingerprint density at radius 1 is 0.719 bits per heavy atom. The van der Waals surface area contributed by atoms with Gasteiger partial charge in [0, 0.05) is 17.3 Å². The van der Waals surface area contributed by atoms with Gasteiger partial charge in [0.25, 0.3) is 5.69 Å². The van der Waals surface area contributed by atoms with Crippen LogP contribution in [0.5, 0.6) is 0 Å². The monoisotopic (exact) mass is 414 g/mol. The van der Waals surface area contributed by atoms with Gasteiger partial charge in [0.2, 0.25) is 0 Å². The molecular weight excluding hydrogens is 396 g/mol. The van der Waals surface area contributed by atoms with Gasteiger partial charge in [0.05, 0.1) is 4.92 Å². The van der Waals surface area contributed by atoms with Crippen LogP contribution in [0.2, 0.25) is 0 Å². The smallest absolute Gasteiger partial charge is 0.258 e. The van der Waals surface area contributed by atoms with Crippen molar-refractivity contribution in [3.8, 4) is 22.4 Å². The standard InChI is InChI=1S/C28H18N2O2/c1-17-15-16-29-27(28(17)30(31)32)24-14-10-20-8-12-22-21(18-5-3-2-4-6-18)11-7-19-9-13-23(24)26(20)25(19)22/h2-16H,1H3. The van der Waals surface area contributed by atoms with Crippen molar-refractivity contribution in [2.75, 3.05) is 0 Å². The Morgan fingerprint density at radius 2 is 1.31 bits per heavy atom. The molecule has 0 aliphatic rings. The maximum Gasteiger partial charge on any atom is 0.298 e. The summed E-state index contributed by atoms with van der Waals surface area (Å²) in [5.41, 5.74) is 4.22. The van der Waals surface area contributed by atoms with Crippen LogP contribution in [0.4, 0.5) is 5.69 Å². The Hall–Kier alpha value is -4.31. The molecule has 4 heteroatoms. The Labute approximate surface area is 184 Å². The van der Waals surface area contributed by atoms with E-state index in [0.29, 0.717) is 11.3 Å². The number of aromatic nitrogens is 1. The summed E-state index contributed by atoms with van der Waals surface area (Å²) < 4.78 is 0. The first-order valence-electron chi connectivity index (χ1n) is 10.5. The highest BCUT2D eigenvalue weighted by Gasteiger charge is 2.23. The van der Waals surface area contributed by atoms with Gasteiger partial charge in [-0.3, -0.25) is 10.1 Å². The van der Waals surface area contributed by atoms with E-state index >= 15 is 0 Å². The van der Waals surface area contributed by atoms with Gasteiger partial charge in [-0.1, -0.05) is 78.9 Å². The maximum atomic E-state index is 11.9. The number of rotatable bonds is 3.